The number of rotatable bonds is 6. The molecule has 4 unspecified atom stereocenters. The van der Waals surface area contributed by atoms with Crippen LogP contribution >= 0.6 is 11.6 Å². The summed E-state index contributed by atoms with van der Waals surface area (Å²) in [7, 11) is 0. The molecule has 4 atom stereocenters. The van der Waals surface area contributed by atoms with E-state index in [2.05, 4.69) is 9.97 Å². The molecule has 2 aromatic carbocycles. The molecule has 190 valence electrons. The van der Waals surface area contributed by atoms with Gasteiger partial charge in [0, 0.05) is 6.20 Å². The van der Waals surface area contributed by atoms with E-state index in [9.17, 15) is 9.59 Å². The Morgan fingerprint density at radius 2 is 1.68 bits per heavy atom. The van der Waals surface area contributed by atoms with Gasteiger partial charge in [-0.2, -0.15) is 0 Å². The third-order valence-corrected chi connectivity index (χ3v) is 6.79. The Morgan fingerprint density at radius 3 is 2.32 bits per heavy atom. The summed E-state index contributed by atoms with van der Waals surface area (Å²) in [5.41, 5.74) is 8.21. The van der Waals surface area contributed by atoms with Gasteiger partial charge in [-0.3, -0.25) is 0 Å². The summed E-state index contributed by atoms with van der Waals surface area (Å²) < 4.78 is 19.5. The van der Waals surface area contributed by atoms with E-state index in [4.69, 9.17) is 31.5 Å². The molecule has 0 bridgehead atoms. The average molecular weight is 521 g/mol. The van der Waals surface area contributed by atoms with Crippen molar-refractivity contribution in [3.8, 4) is 0 Å². The number of carbonyl (C=O) groups excluding carboxylic acids is 2. The molecule has 9 nitrogen and oxygen atoms in total. The first kappa shape index (κ1) is 24.7. The lowest BCUT2D eigenvalue weighted by atomic mass is 10.0. The zero-order chi connectivity index (χ0) is 26.2. The second-order valence-electron chi connectivity index (χ2n) is 9.01. The molecular weight excluding hydrogens is 496 g/mol. The van der Waals surface area contributed by atoms with Gasteiger partial charge in [0.2, 0.25) is 0 Å². The maximum atomic E-state index is 13.0. The van der Waals surface area contributed by atoms with Crippen molar-refractivity contribution < 1.29 is 23.8 Å². The monoisotopic (exact) mass is 520 g/mol. The van der Waals surface area contributed by atoms with E-state index < -0.39 is 35.2 Å². The Kier molecular flexibility index (Phi) is 6.57. The summed E-state index contributed by atoms with van der Waals surface area (Å²) in [6, 6.07) is 17.2. The number of nitrogens with two attached hydrogens (primary N) is 1. The van der Waals surface area contributed by atoms with Gasteiger partial charge < -0.3 is 24.5 Å². The molecule has 0 radical (unpaired) electrons. The third-order valence-electron chi connectivity index (χ3n) is 6.39. The van der Waals surface area contributed by atoms with Crippen LogP contribution in [0.25, 0.3) is 11.0 Å². The number of fused-ring (bicyclic) bond motifs is 1. The second-order valence-corrected chi connectivity index (χ2v) is 9.83. The van der Waals surface area contributed by atoms with Crippen LogP contribution in [0, 0.1) is 6.92 Å². The molecule has 1 fully saturated rings. The number of hydrogen-bond acceptors (Lipinski definition) is 8. The number of carbonyl (C=O) groups is 2. The molecule has 4 aromatic rings. The number of aryl methyl sites for hydroxylation is 1. The van der Waals surface area contributed by atoms with Crippen LogP contribution in [0.4, 0.5) is 5.82 Å². The van der Waals surface area contributed by atoms with Gasteiger partial charge >= 0.3 is 11.9 Å². The quantitative estimate of drug-likeness (QED) is 0.295. The van der Waals surface area contributed by atoms with E-state index in [0.717, 1.165) is 5.56 Å². The highest BCUT2D eigenvalue weighted by molar-refractivity contribution is 6.24. The van der Waals surface area contributed by atoms with E-state index in [1.807, 2.05) is 13.1 Å². The number of nitrogen functional groups attached to an aromatic ring is 1. The number of anilines is 1. The van der Waals surface area contributed by atoms with Crippen LogP contribution in [0.2, 0.25) is 0 Å². The topological polar surface area (TPSA) is 119 Å². The standard InChI is InChI=1S/C27H25ClN4O5/c1-16-13-32(23-20(16)22(29)30-15-31-23)26-27(2,28)21(37-25(34)18-11-7-4-8-12-18)19(36-26)14-35-24(33)17-9-5-3-6-10-17/h3-13,15,19,21,26H,14H2,1-2H3,(H2,29,30,31). The molecule has 0 spiro atoms. The minimum absolute atomic E-state index is 0.186. The third kappa shape index (κ3) is 4.63. The molecule has 0 amide bonds. The maximum Gasteiger partial charge on any atom is 0.338 e. The van der Waals surface area contributed by atoms with Crippen LogP contribution in [-0.4, -0.2) is 50.2 Å². The van der Waals surface area contributed by atoms with Crippen molar-refractivity contribution in [3.63, 3.8) is 0 Å². The predicted molar refractivity (Wildman–Crippen MR) is 137 cm³/mol. The summed E-state index contributed by atoms with van der Waals surface area (Å²) in [5.74, 6) is -0.767. The Bertz CT molecular complexity index is 1440. The average Bonchev–Trinajstić information content (AvgIpc) is 3.37. The zero-order valence-electron chi connectivity index (χ0n) is 20.2. The van der Waals surface area contributed by atoms with Gasteiger partial charge in [-0.1, -0.05) is 36.4 Å². The number of hydrogen-bond donors (Lipinski definition) is 1. The summed E-state index contributed by atoms with van der Waals surface area (Å²) in [6.45, 7) is 3.41. The smallest absolute Gasteiger partial charge is 0.338 e. The maximum absolute atomic E-state index is 13.0. The molecule has 5 rings (SSSR count). The molecule has 1 aliphatic rings. The SMILES string of the molecule is Cc1cn(C2OC(COC(=O)c3ccccc3)C(OC(=O)c3ccccc3)C2(C)Cl)c2ncnc(N)c12. The van der Waals surface area contributed by atoms with Crippen LogP contribution in [-0.2, 0) is 14.2 Å². The number of benzene rings is 2. The minimum Gasteiger partial charge on any atom is -0.459 e. The largest absolute Gasteiger partial charge is 0.459 e. The predicted octanol–water partition coefficient (Wildman–Crippen LogP) is 4.30. The first-order chi connectivity index (χ1) is 17.8. The highest BCUT2D eigenvalue weighted by Gasteiger charge is 2.57. The first-order valence-electron chi connectivity index (χ1n) is 11.7. The second kappa shape index (κ2) is 9.84. The van der Waals surface area contributed by atoms with Crippen molar-refractivity contribution in [2.24, 2.45) is 0 Å². The van der Waals surface area contributed by atoms with E-state index in [-0.39, 0.29) is 6.61 Å². The molecule has 0 saturated carbocycles. The number of aromatic nitrogens is 3. The van der Waals surface area contributed by atoms with Crippen LogP contribution in [0.3, 0.4) is 0 Å². The van der Waals surface area contributed by atoms with Crippen molar-refractivity contribution in [3.05, 3.63) is 89.9 Å². The highest BCUT2D eigenvalue weighted by Crippen LogP contribution is 2.46. The van der Waals surface area contributed by atoms with E-state index in [1.54, 1.807) is 72.2 Å². The Balaban J connectivity index is 1.47. The summed E-state index contributed by atoms with van der Waals surface area (Å²) in [6.07, 6.45) is 0.529. The molecule has 2 N–H and O–H groups in total. The van der Waals surface area contributed by atoms with Crippen LogP contribution in [0.15, 0.2) is 73.2 Å². The van der Waals surface area contributed by atoms with Crippen molar-refractivity contribution in [1.29, 1.82) is 0 Å². The molecule has 1 aliphatic heterocycles. The van der Waals surface area contributed by atoms with Crippen LogP contribution < -0.4 is 5.73 Å². The molecule has 2 aromatic heterocycles. The summed E-state index contributed by atoms with van der Waals surface area (Å²) in [5, 5.41) is 0.676. The van der Waals surface area contributed by atoms with E-state index in [0.29, 0.717) is 28.0 Å². The molecule has 10 heteroatoms. The summed E-state index contributed by atoms with van der Waals surface area (Å²) in [4.78, 5) is 32.8. The van der Waals surface area contributed by atoms with Gasteiger partial charge in [0.15, 0.2) is 12.3 Å². The lowest BCUT2D eigenvalue weighted by Gasteiger charge is -2.29. The zero-order valence-corrected chi connectivity index (χ0v) is 21.0. The number of ether oxygens (including phenoxy) is 3. The van der Waals surface area contributed by atoms with Gasteiger partial charge in [0.05, 0.1) is 16.5 Å². The Hall–Kier alpha value is -3.95. The lowest BCUT2D eigenvalue weighted by molar-refractivity contribution is -0.0564. The van der Waals surface area contributed by atoms with Gasteiger partial charge in [-0.05, 0) is 43.7 Å². The lowest BCUT2D eigenvalue weighted by Crippen LogP contribution is -2.43. The van der Waals surface area contributed by atoms with Crippen molar-refractivity contribution in [2.75, 3.05) is 12.3 Å². The van der Waals surface area contributed by atoms with Crippen LogP contribution in [0.1, 0.15) is 39.4 Å². The first-order valence-corrected chi connectivity index (χ1v) is 12.1. The Labute approximate surface area is 218 Å². The molecule has 1 saturated heterocycles. The van der Waals surface area contributed by atoms with Gasteiger partial charge in [-0.15, -0.1) is 11.6 Å². The van der Waals surface area contributed by atoms with Gasteiger partial charge in [-0.25, -0.2) is 19.6 Å². The van der Waals surface area contributed by atoms with Gasteiger partial charge in [0.25, 0.3) is 0 Å². The number of esters is 2. The number of halogens is 1. The Morgan fingerprint density at radius 1 is 1.05 bits per heavy atom. The number of nitrogens with zero attached hydrogens (tertiary/aromatic N) is 3. The van der Waals surface area contributed by atoms with Gasteiger partial charge in [0.1, 0.15) is 35.4 Å². The van der Waals surface area contributed by atoms with Crippen molar-refractivity contribution in [1.82, 2.24) is 14.5 Å². The fourth-order valence-electron chi connectivity index (χ4n) is 4.58. The fourth-order valence-corrected chi connectivity index (χ4v) is 4.92. The van der Waals surface area contributed by atoms with E-state index >= 15 is 0 Å². The molecular formula is C27H25ClN4O5. The molecule has 3 heterocycles. The van der Waals surface area contributed by atoms with E-state index in [1.165, 1.54) is 6.33 Å². The number of alkyl halides is 1. The molecule has 0 aliphatic carbocycles. The van der Waals surface area contributed by atoms with Crippen molar-refractivity contribution >= 4 is 40.4 Å². The van der Waals surface area contributed by atoms with Crippen molar-refractivity contribution in [2.45, 2.75) is 37.2 Å². The van der Waals surface area contributed by atoms with Crippen LogP contribution in [0.5, 0.6) is 0 Å². The summed E-state index contributed by atoms with van der Waals surface area (Å²) >= 11 is 7.10. The normalized spacial score (nSPS) is 23.2. The minimum atomic E-state index is -1.26. The molecule has 37 heavy (non-hydrogen) atoms. The highest BCUT2D eigenvalue weighted by atomic mass is 35.5. The fraction of sp³-hybridized carbons (Fsp3) is 0.259.